The number of carbonyl (C=O) groups is 1. The van der Waals surface area contributed by atoms with Crippen LogP contribution in [0.4, 0.5) is 0 Å². The minimum absolute atomic E-state index is 0.0950. The Bertz CT molecular complexity index is 126. The number of hydrazine groups is 1. The van der Waals surface area contributed by atoms with Crippen LogP contribution in [0.5, 0.6) is 0 Å². The molecule has 0 bridgehead atoms. The van der Waals surface area contributed by atoms with E-state index < -0.39 is 0 Å². The lowest BCUT2D eigenvalue weighted by molar-refractivity contribution is -0.144. The minimum Gasteiger partial charge on any atom is -0.469 e. The molecule has 1 unspecified atom stereocenters. The number of nitrogens with one attached hydrogen (secondary N) is 1. The smallest absolute Gasteiger partial charge is 0.309 e. The van der Waals surface area contributed by atoms with Crippen LogP contribution < -0.4 is 5.43 Å². The minimum atomic E-state index is -0.181. The number of methoxy groups -OCH3 is 1. The second kappa shape index (κ2) is 5.09. The van der Waals surface area contributed by atoms with Gasteiger partial charge in [-0.05, 0) is 0 Å². The normalized spacial score (nSPS) is 13.2. The summed E-state index contributed by atoms with van der Waals surface area (Å²) in [4.78, 5) is 10.8. The Balaban J connectivity index is 3.52. The number of hydrogen-bond donors (Lipinski definition) is 1. The Kier molecular flexibility index (Phi) is 4.81. The van der Waals surface area contributed by atoms with E-state index in [0.717, 1.165) is 0 Å². The molecule has 1 N–H and O–H groups in total. The first-order valence-corrected chi connectivity index (χ1v) is 3.56. The van der Waals surface area contributed by atoms with E-state index in [0.29, 0.717) is 6.54 Å². The van der Waals surface area contributed by atoms with Crippen molar-refractivity contribution in [2.45, 2.75) is 6.92 Å². The van der Waals surface area contributed by atoms with E-state index in [1.165, 1.54) is 7.11 Å². The van der Waals surface area contributed by atoms with Crippen molar-refractivity contribution in [1.82, 2.24) is 10.4 Å². The number of esters is 1. The maximum atomic E-state index is 10.8. The van der Waals surface area contributed by atoms with Gasteiger partial charge in [-0.25, -0.2) is 0 Å². The molecule has 0 aromatic heterocycles. The molecular weight excluding hydrogens is 144 g/mol. The lowest BCUT2D eigenvalue weighted by atomic mass is 10.2. The zero-order valence-corrected chi connectivity index (χ0v) is 7.55. The first-order valence-electron chi connectivity index (χ1n) is 3.56. The van der Waals surface area contributed by atoms with Crippen LogP contribution in [0.2, 0.25) is 0 Å². The summed E-state index contributed by atoms with van der Waals surface area (Å²) in [5.74, 6) is -0.276. The molecule has 0 heterocycles. The van der Waals surface area contributed by atoms with Crippen LogP contribution in [0, 0.1) is 5.92 Å². The van der Waals surface area contributed by atoms with Gasteiger partial charge in [0.2, 0.25) is 0 Å². The number of ether oxygens (including phenoxy) is 1. The fraction of sp³-hybridized carbons (Fsp3) is 0.857. The fourth-order valence-corrected chi connectivity index (χ4v) is 0.604. The summed E-state index contributed by atoms with van der Waals surface area (Å²) in [6.07, 6.45) is 0. The molecule has 4 nitrogen and oxygen atoms in total. The molecule has 0 aromatic rings. The highest BCUT2D eigenvalue weighted by Crippen LogP contribution is 1.94. The topological polar surface area (TPSA) is 41.6 Å². The molecule has 0 aromatic carbocycles. The van der Waals surface area contributed by atoms with Crippen molar-refractivity contribution in [1.29, 1.82) is 0 Å². The zero-order valence-electron chi connectivity index (χ0n) is 7.55. The first-order chi connectivity index (χ1) is 5.07. The van der Waals surface area contributed by atoms with E-state index in [1.54, 1.807) is 5.01 Å². The summed E-state index contributed by atoms with van der Waals surface area (Å²) >= 11 is 0. The van der Waals surface area contributed by atoms with E-state index in [9.17, 15) is 4.79 Å². The highest BCUT2D eigenvalue weighted by Gasteiger charge is 2.11. The van der Waals surface area contributed by atoms with Crippen LogP contribution in [-0.2, 0) is 9.53 Å². The fourth-order valence-electron chi connectivity index (χ4n) is 0.604. The van der Waals surface area contributed by atoms with Crippen molar-refractivity contribution in [3.8, 4) is 0 Å². The third-order valence-corrected chi connectivity index (χ3v) is 1.32. The van der Waals surface area contributed by atoms with E-state index in [4.69, 9.17) is 0 Å². The summed E-state index contributed by atoms with van der Waals surface area (Å²) in [5, 5.41) is 1.80. The number of rotatable bonds is 4. The maximum Gasteiger partial charge on any atom is 0.309 e. The van der Waals surface area contributed by atoms with Gasteiger partial charge in [-0.2, -0.15) is 0 Å². The average Bonchev–Trinajstić information content (AvgIpc) is 1.98. The first kappa shape index (κ1) is 10.4. The summed E-state index contributed by atoms with van der Waals surface area (Å²) in [6.45, 7) is 2.43. The third-order valence-electron chi connectivity index (χ3n) is 1.32. The SMILES string of the molecule is COC(=O)C(C)CNN(C)C. The Labute approximate surface area is 67.5 Å². The summed E-state index contributed by atoms with van der Waals surface area (Å²) in [6, 6.07) is 0. The van der Waals surface area contributed by atoms with Crippen LogP contribution in [0.3, 0.4) is 0 Å². The molecule has 11 heavy (non-hydrogen) atoms. The molecular formula is C7H16N2O2. The molecule has 0 aliphatic heterocycles. The van der Waals surface area contributed by atoms with Crippen molar-refractivity contribution >= 4 is 5.97 Å². The van der Waals surface area contributed by atoms with Crippen molar-refractivity contribution in [3.63, 3.8) is 0 Å². The zero-order chi connectivity index (χ0) is 8.85. The Morgan fingerprint density at radius 3 is 2.55 bits per heavy atom. The van der Waals surface area contributed by atoms with Gasteiger partial charge in [0.25, 0.3) is 0 Å². The van der Waals surface area contributed by atoms with E-state index in [2.05, 4.69) is 10.2 Å². The van der Waals surface area contributed by atoms with E-state index in [-0.39, 0.29) is 11.9 Å². The third kappa shape index (κ3) is 4.75. The van der Waals surface area contributed by atoms with E-state index in [1.807, 2.05) is 21.0 Å². The molecule has 66 valence electrons. The second-order valence-corrected chi connectivity index (χ2v) is 2.68. The molecule has 0 rings (SSSR count). The number of carbonyl (C=O) groups excluding carboxylic acids is 1. The molecule has 0 spiro atoms. The van der Waals surface area contributed by atoms with Crippen LogP contribution in [0.25, 0.3) is 0 Å². The predicted octanol–water partition coefficient (Wildman–Crippen LogP) is -0.138. The lowest BCUT2D eigenvalue weighted by Crippen LogP contribution is -2.36. The average molecular weight is 160 g/mol. The molecule has 4 heteroatoms. The molecule has 0 saturated heterocycles. The van der Waals surface area contributed by atoms with Crippen molar-refractivity contribution < 1.29 is 9.53 Å². The molecule has 1 atom stereocenters. The number of hydrogen-bond acceptors (Lipinski definition) is 4. The Morgan fingerprint density at radius 2 is 2.18 bits per heavy atom. The highest BCUT2D eigenvalue weighted by atomic mass is 16.5. The lowest BCUT2D eigenvalue weighted by Gasteiger charge is -2.14. The molecule has 0 radical (unpaired) electrons. The van der Waals surface area contributed by atoms with Crippen LogP contribution >= 0.6 is 0 Å². The standard InChI is InChI=1S/C7H16N2O2/c1-6(7(10)11-4)5-8-9(2)3/h6,8H,5H2,1-4H3. The largest absolute Gasteiger partial charge is 0.469 e. The molecule has 0 aliphatic rings. The summed E-state index contributed by atoms with van der Waals surface area (Å²) in [7, 11) is 5.16. The van der Waals surface area contributed by atoms with Crippen LogP contribution in [0.15, 0.2) is 0 Å². The van der Waals surface area contributed by atoms with Crippen molar-refractivity contribution in [2.24, 2.45) is 5.92 Å². The maximum absolute atomic E-state index is 10.8. The quantitative estimate of drug-likeness (QED) is 0.459. The van der Waals surface area contributed by atoms with Gasteiger partial charge in [0.15, 0.2) is 0 Å². The van der Waals surface area contributed by atoms with Crippen molar-refractivity contribution in [3.05, 3.63) is 0 Å². The molecule has 0 aliphatic carbocycles. The van der Waals surface area contributed by atoms with Gasteiger partial charge in [0, 0.05) is 20.6 Å². The number of nitrogens with zero attached hydrogens (tertiary/aromatic N) is 1. The highest BCUT2D eigenvalue weighted by molar-refractivity contribution is 5.71. The molecule has 0 fully saturated rings. The van der Waals surface area contributed by atoms with Gasteiger partial charge < -0.3 is 4.74 Å². The Hall–Kier alpha value is -0.610. The van der Waals surface area contributed by atoms with Gasteiger partial charge in [-0.15, -0.1) is 0 Å². The van der Waals surface area contributed by atoms with Gasteiger partial charge in [0.05, 0.1) is 13.0 Å². The van der Waals surface area contributed by atoms with Gasteiger partial charge in [0.1, 0.15) is 0 Å². The van der Waals surface area contributed by atoms with Crippen LogP contribution in [0.1, 0.15) is 6.92 Å². The summed E-state index contributed by atoms with van der Waals surface area (Å²) in [5.41, 5.74) is 2.99. The second-order valence-electron chi connectivity index (χ2n) is 2.68. The van der Waals surface area contributed by atoms with E-state index >= 15 is 0 Å². The van der Waals surface area contributed by atoms with Crippen LogP contribution in [-0.4, -0.2) is 38.7 Å². The van der Waals surface area contributed by atoms with Gasteiger partial charge in [-0.3, -0.25) is 15.2 Å². The Morgan fingerprint density at radius 1 is 1.64 bits per heavy atom. The monoisotopic (exact) mass is 160 g/mol. The predicted molar refractivity (Wildman–Crippen MR) is 42.9 cm³/mol. The van der Waals surface area contributed by atoms with Gasteiger partial charge in [-0.1, -0.05) is 6.92 Å². The summed E-state index contributed by atoms with van der Waals surface area (Å²) < 4.78 is 4.55. The molecule has 0 amide bonds. The molecule has 0 saturated carbocycles. The van der Waals surface area contributed by atoms with Crippen molar-refractivity contribution in [2.75, 3.05) is 27.7 Å². The van der Waals surface area contributed by atoms with Gasteiger partial charge >= 0.3 is 5.97 Å².